The minimum atomic E-state index is -0.277. The second kappa shape index (κ2) is 7.79. The average molecular weight is 286 g/mol. The second-order valence-corrected chi connectivity index (χ2v) is 4.44. The molecule has 2 rings (SSSR count). The van der Waals surface area contributed by atoms with E-state index in [0.29, 0.717) is 18.8 Å². The van der Waals surface area contributed by atoms with E-state index < -0.39 is 0 Å². The van der Waals surface area contributed by atoms with Crippen LogP contribution in [0, 0.1) is 0 Å². The van der Waals surface area contributed by atoms with Crippen molar-refractivity contribution in [3.8, 4) is 11.5 Å². The summed E-state index contributed by atoms with van der Waals surface area (Å²) in [6, 6.07) is 15.6. The summed E-state index contributed by atoms with van der Waals surface area (Å²) in [7, 11) is 0. The average Bonchev–Trinajstić information content (AvgIpc) is 2.50. The van der Waals surface area contributed by atoms with Crippen molar-refractivity contribution in [3.63, 3.8) is 0 Å². The lowest BCUT2D eigenvalue weighted by Gasteiger charge is -2.08. The molecule has 2 aromatic carbocycles. The highest BCUT2D eigenvalue weighted by atomic mass is 16.5. The van der Waals surface area contributed by atoms with Gasteiger partial charge in [-0.2, -0.15) is 0 Å². The Hall–Kier alpha value is -2.69. The molecule has 0 saturated carbocycles. The number of carbonyl (C=O) groups excluding carboxylic acids is 1. The number of urea groups is 1. The second-order valence-electron chi connectivity index (χ2n) is 4.44. The normalized spacial score (nSPS) is 9.90. The van der Waals surface area contributed by atoms with Crippen molar-refractivity contribution in [2.75, 3.05) is 18.5 Å². The Bertz CT molecular complexity index is 555. The molecular weight excluding hydrogens is 268 g/mol. The lowest BCUT2D eigenvalue weighted by molar-refractivity contribution is 0.250. The SMILES string of the molecule is O=C(NCCCOc1ccccc1)Nc1ccc(O)cc1. The Kier molecular flexibility index (Phi) is 5.46. The largest absolute Gasteiger partial charge is 0.508 e. The van der Waals surface area contributed by atoms with Gasteiger partial charge in [0.05, 0.1) is 6.61 Å². The standard InChI is InChI=1S/C16H18N2O3/c19-14-9-7-13(8-10-14)18-16(20)17-11-4-12-21-15-5-2-1-3-6-15/h1-3,5-10,19H,4,11-12H2,(H2,17,18,20). The van der Waals surface area contributed by atoms with Gasteiger partial charge in [0, 0.05) is 12.2 Å². The van der Waals surface area contributed by atoms with Crippen LogP contribution < -0.4 is 15.4 Å². The molecule has 0 saturated heterocycles. The molecule has 5 heteroatoms. The van der Waals surface area contributed by atoms with Crippen LogP contribution in [-0.2, 0) is 0 Å². The third-order valence-corrected chi connectivity index (χ3v) is 2.74. The molecule has 2 amide bonds. The Morgan fingerprint density at radius 2 is 1.76 bits per heavy atom. The molecule has 0 aliphatic carbocycles. The quantitative estimate of drug-likeness (QED) is 0.565. The number of phenolic OH excluding ortho intramolecular Hbond substituents is 1. The first-order chi connectivity index (χ1) is 10.2. The van der Waals surface area contributed by atoms with Crippen LogP contribution in [0.5, 0.6) is 11.5 Å². The van der Waals surface area contributed by atoms with Crippen LogP contribution in [0.1, 0.15) is 6.42 Å². The van der Waals surface area contributed by atoms with Gasteiger partial charge >= 0.3 is 6.03 Å². The van der Waals surface area contributed by atoms with Crippen LogP contribution in [0.15, 0.2) is 54.6 Å². The number of anilines is 1. The zero-order valence-corrected chi connectivity index (χ0v) is 11.6. The molecule has 0 heterocycles. The van der Waals surface area contributed by atoms with Crippen molar-refractivity contribution in [1.82, 2.24) is 5.32 Å². The molecule has 0 fully saturated rings. The number of para-hydroxylation sites is 1. The van der Waals surface area contributed by atoms with Gasteiger partial charge in [-0.3, -0.25) is 0 Å². The Labute approximate surface area is 123 Å². The third kappa shape index (κ3) is 5.44. The molecule has 0 aromatic heterocycles. The predicted octanol–water partition coefficient (Wildman–Crippen LogP) is 2.98. The maximum atomic E-state index is 11.6. The first kappa shape index (κ1) is 14.7. The van der Waals surface area contributed by atoms with Crippen LogP contribution in [0.2, 0.25) is 0 Å². The van der Waals surface area contributed by atoms with Crippen LogP contribution >= 0.6 is 0 Å². The van der Waals surface area contributed by atoms with Crippen molar-refractivity contribution in [2.45, 2.75) is 6.42 Å². The lowest BCUT2D eigenvalue weighted by Crippen LogP contribution is -2.30. The number of hydrogen-bond donors (Lipinski definition) is 3. The van der Waals surface area contributed by atoms with E-state index in [-0.39, 0.29) is 11.8 Å². The highest BCUT2D eigenvalue weighted by Crippen LogP contribution is 2.13. The number of benzene rings is 2. The Balaban J connectivity index is 1.60. The highest BCUT2D eigenvalue weighted by Gasteiger charge is 2.01. The summed E-state index contributed by atoms with van der Waals surface area (Å²) >= 11 is 0. The van der Waals surface area contributed by atoms with Crippen LogP contribution in [0.4, 0.5) is 10.5 Å². The summed E-state index contributed by atoms with van der Waals surface area (Å²) in [5.74, 6) is 0.991. The third-order valence-electron chi connectivity index (χ3n) is 2.74. The summed E-state index contributed by atoms with van der Waals surface area (Å²) in [4.78, 5) is 11.6. The van der Waals surface area contributed by atoms with Crippen LogP contribution in [0.3, 0.4) is 0 Å². The van der Waals surface area contributed by atoms with Crippen LogP contribution in [0.25, 0.3) is 0 Å². The summed E-state index contributed by atoms with van der Waals surface area (Å²) in [6.07, 6.45) is 0.720. The van der Waals surface area contributed by atoms with Gasteiger partial charge in [-0.15, -0.1) is 0 Å². The number of rotatable bonds is 6. The number of hydrogen-bond acceptors (Lipinski definition) is 3. The molecule has 0 unspecified atom stereocenters. The number of amides is 2. The smallest absolute Gasteiger partial charge is 0.319 e. The molecule has 0 aliphatic heterocycles. The molecule has 0 atom stereocenters. The van der Waals surface area contributed by atoms with E-state index in [1.165, 1.54) is 12.1 Å². The number of nitrogens with one attached hydrogen (secondary N) is 2. The van der Waals surface area contributed by atoms with E-state index in [0.717, 1.165) is 12.2 Å². The zero-order chi connectivity index (χ0) is 14.9. The van der Waals surface area contributed by atoms with Gasteiger partial charge in [0.2, 0.25) is 0 Å². The maximum Gasteiger partial charge on any atom is 0.319 e. The fourth-order valence-corrected chi connectivity index (χ4v) is 1.70. The highest BCUT2D eigenvalue weighted by molar-refractivity contribution is 5.89. The molecule has 0 radical (unpaired) electrons. The molecule has 2 aromatic rings. The van der Waals surface area contributed by atoms with Crippen molar-refractivity contribution >= 4 is 11.7 Å². The van der Waals surface area contributed by atoms with Crippen molar-refractivity contribution in [1.29, 1.82) is 0 Å². The van der Waals surface area contributed by atoms with E-state index in [1.807, 2.05) is 30.3 Å². The first-order valence-corrected chi connectivity index (χ1v) is 6.76. The van der Waals surface area contributed by atoms with E-state index in [4.69, 9.17) is 9.84 Å². The van der Waals surface area contributed by atoms with Crippen LogP contribution in [-0.4, -0.2) is 24.3 Å². The monoisotopic (exact) mass is 286 g/mol. The summed E-state index contributed by atoms with van der Waals surface area (Å²) < 4.78 is 5.52. The van der Waals surface area contributed by atoms with E-state index in [9.17, 15) is 4.79 Å². The van der Waals surface area contributed by atoms with Gasteiger partial charge in [-0.1, -0.05) is 18.2 Å². The van der Waals surface area contributed by atoms with Gasteiger partial charge < -0.3 is 20.5 Å². The van der Waals surface area contributed by atoms with Crippen molar-refractivity contribution in [3.05, 3.63) is 54.6 Å². The minimum absolute atomic E-state index is 0.166. The Morgan fingerprint density at radius 1 is 1.05 bits per heavy atom. The molecule has 110 valence electrons. The van der Waals surface area contributed by atoms with Gasteiger partial charge in [0.15, 0.2) is 0 Å². The lowest BCUT2D eigenvalue weighted by atomic mass is 10.3. The van der Waals surface area contributed by atoms with Crippen molar-refractivity contribution in [2.24, 2.45) is 0 Å². The number of aromatic hydroxyl groups is 1. The number of ether oxygens (including phenoxy) is 1. The summed E-state index contributed by atoms with van der Waals surface area (Å²) in [5, 5.41) is 14.6. The van der Waals surface area contributed by atoms with E-state index >= 15 is 0 Å². The van der Waals surface area contributed by atoms with Crippen molar-refractivity contribution < 1.29 is 14.6 Å². The van der Waals surface area contributed by atoms with Gasteiger partial charge in [0.25, 0.3) is 0 Å². The summed E-state index contributed by atoms with van der Waals surface area (Å²) in [6.45, 7) is 1.07. The molecular formula is C16H18N2O3. The Morgan fingerprint density at radius 3 is 2.48 bits per heavy atom. The molecule has 0 spiro atoms. The predicted molar refractivity (Wildman–Crippen MR) is 81.7 cm³/mol. The molecule has 0 aliphatic rings. The number of carbonyl (C=O) groups is 1. The minimum Gasteiger partial charge on any atom is -0.508 e. The van der Waals surface area contributed by atoms with Gasteiger partial charge in [-0.05, 0) is 42.8 Å². The molecule has 5 nitrogen and oxygen atoms in total. The summed E-state index contributed by atoms with van der Waals surface area (Å²) in [5.41, 5.74) is 0.630. The van der Waals surface area contributed by atoms with E-state index in [2.05, 4.69) is 10.6 Å². The molecule has 21 heavy (non-hydrogen) atoms. The fourth-order valence-electron chi connectivity index (χ4n) is 1.70. The zero-order valence-electron chi connectivity index (χ0n) is 11.6. The topological polar surface area (TPSA) is 70.6 Å². The van der Waals surface area contributed by atoms with Gasteiger partial charge in [-0.25, -0.2) is 4.79 Å². The fraction of sp³-hybridized carbons (Fsp3) is 0.188. The van der Waals surface area contributed by atoms with E-state index in [1.54, 1.807) is 12.1 Å². The maximum absolute atomic E-state index is 11.6. The number of phenols is 1. The first-order valence-electron chi connectivity index (χ1n) is 6.76. The van der Waals surface area contributed by atoms with Gasteiger partial charge in [0.1, 0.15) is 11.5 Å². The molecule has 0 bridgehead atoms. The molecule has 3 N–H and O–H groups in total.